The average Bonchev–Trinajstić information content (AvgIpc) is 3.54. The Morgan fingerprint density at radius 1 is 0.833 bits per heavy atom. The lowest BCUT2D eigenvalue weighted by molar-refractivity contribution is -0.124. The molecule has 2 saturated carbocycles. The van der Waals surface area contributed by atoms with Crippen molar-refractivity contribution in [1.29, 1.82) is 0 Å². The van der Waals surface area contributed by atoms with Crippen LogP contribution in [0.2, 0.25) is 5.04 Å². The van der Waals surface area contributed by atoms with E-state index in [0.29, 0.717) is 18.6 Å². The third-order valence-electron chi connectivity index (χ3n) is 11.4. The predicted octanol–water partition coefficient (Wildman–Crippen LogP) is 6.58. The number of allylic oxidation sites excluding steroid dienone is 3. The minimum atomic E-state index is -4.29. The monoisotopic (exact) mass is 682 g/mol. The minimum Gasteiger partial charge on any atom is -0.500 e. The molecule has 6 nitrogen and oxygen atoms in total. The van der Waals surface area contributed by atoms with Crippen LogP contribution in [0.4, 0.5) is 0 Å². The number of carbonyl (C=O) groups excluding carboxylic acids is 1. The van der Waals surface area contributed by atoms with E-state index in [0.717, 1.165) is 15.9 Å². The Morgan fingerprint density at radius 2 is 1.38 bits per heavy atom. The zero-order chi connectivity index (χ0) is 34.6. The first-order valence-corrected chi connectivity index (χ1v) is 19.9. The molecular weight excluding hydrogens is 637 g/mol. The van der Waals surface area contributed by atoms with Gasteiger partial charge in [0.25, 0.3) is 8.32 Å². The van der Waals surface area contributed by atoms with Gasteiger partial charge in [-0.25, -0.2) is 8.42 Å². The molecule has 3 aromatic rings. The summed E-state index contributed by atoms with van der Waals surface area (Å²) >= 11 is 0. The molecule has 0 aliphatic heterocycles. The van der Waals surface area contributed by atoms with Gasteiger partial charge in [-0.05, 0) is 52.4 Å². The topological polar surface area (TPSA) is 78.9 Å². The number of hydrogen-bond donors (Lipinski definition) is 0. The van der Waals surface area contributed by atoms with E-state index in [-0.39, 0.29) is 35.2 Å². The van der Waals surface area contributed by atoms with Gasteiger partial charge in [0.05, 0.1) is 24.0 Å². The van der Waals surface area contributed by atoms with Crippen LogP contribution in [-0.4, -0.2) is 53.7 Å². The van der Waals surface area contributed by atoms with Crippen LogP contribution in [0, 0.1) is 10.8 Å². The van der Waals surface area contributed by atoms with Gasteiger partial charge in [0.2, 0.25) is 0 Å². The number of benzene rings is 3. The second-order valence-electron chi connectivity index (χ2n) is 14.4. The first-order valence-electron chi connectivity index (χ1n) is 16.5. The van der Waals surface area contributed by atoms with Crippen molar-refractivity contribution in [2.75, 3.05) is 20.8 Å². The highest BCUT2D eigenvalue weighted by Crippen LogP contribution is 2.89. The highest BCUT2D eigenvalue weighted by atomic mass is 32.2. The molecular formula is C40H46O6SSi. The molecule has 0 amide bonds. The molecule has 4 atom stereocenters. The largest absolute Gasteiger partial charge is 0.500 e. The molecule has 3 aliphatic rings. The van der Waals surface area contributed by atoms with E-state index in [1.807, 2.05) is 42.5 Å². The van der Waals surface area contributed by atoms with Gasteiger partial charge >= 0.3 is 0 Å². The van der Waals surface area contributed by atoms with Crippen molar-refractivity contribution < 1.29 is 27.1 Å². The Kier molecular flexibility index (Phi) is 8.43. The van der Waals surface area contributed by atoms with Crippen LogP contribution in [0.25, 0.3) is 0 Å². The van der Waals surface area contributed by atoms with Gasteiger partial charge in [-0.2, -0.15) is 0 Å². The van der Waals surface area contributed by atoms with Gasteiger partial charge in [-0.1, -0.05) is 112 Å². The van der Waals surface area contributed by atoms with Crippen LogP contribution in [-0.2, 0) is 28.5 Å². The van der Waals surface area contributed by atoms with Crippen molar-refractivity contribution >= 4 is 34.3 Å². The molecule has 6 rings (SSSR count). The van der Waals surface area contributed by atoms with E-state index < -0.39 is 39.3 Å². The van der Waals surface area contributed by atoms with Gasteiger partial charge < -0.3 is 13.9 Å². The molecule has 8 heteroatoms. The third-order valence-corrected chi connectivity index (χ3v) is 19.0. The molecule has 0 spiro atoms. The third kappa shape index (κ3) is 3.97. The highest BCUT2D eigenvalue weighted by Gasteiger charge is 3.04. The standard InChI is InChI=1S/C40H46O6SSi/c1-8-19-30-27-38(26-9-2)39(47(42,43)31-20-13-10-14-21-31)34(41)28-37(35(30)44-6,40(38,39)45-7)29-46-48(36(3,4)5,32-22-15-11-16-23-32)33-24-17-12-18-25-33/h8-18,20-25H,1-2,19,26-29H2,3-7H3/t37-,38+,39+,40-/m1/s1. The number of fused-ring (bicyclic) bond motifs is 1. The molecule has 0 bridgehead atoms. The first-order chi connectivity index (χ1) is 22.9. The Hall–Kier alpha value is -3.56. The van der Waals surface area contributed by atoms with Crippen molar-refractivity contribution in [1.82, 2.24) is 0 Å². The zero-order valence-corrected chi connectivity index (χ0v) is 30.4. The number of Topliss-reactive ketones (excluding diaryl/α,β-unsaturated/α-hetero) is 1. The quantitative estimate of drug-likeness (QED) is 0.150. The number of hydrogen-bond acceptors (Lipinski definition) is 6. The van der Waals surface area contributed by atoms with Crippen molar-refractivity contribution in [2.24, 2.45) is 10.8 Å². The van der Waals surface area contributed by atoms with Gasteiger partial charge in [-0.3, -0.25) is 4.79 Å². The SMILES string of the molecule is C=CCC1=C(OC)[C@]2(CO[Si](c3ccccc3)(c3ccccc3)C(C)(C)C)CC(=O)[C@]3(S(=O)(=O)c4ccccc4)[C@](CC=C)(C1)[C@]23OC. The molecule has 2 fully saturated rings. The van der Waals surface area contributed by atoms with Crippen LogP contribution < -0.4 is 10.4 Å². The van der Waals surface area contributed by atoms with E-state index in [9.17, 15) is 4.79 Å². The average molecular weight is 683 g/mol. The highest BCUT2D eigenvalue weighted by molar-refractivity contribution is 7.94. The Morgan fingerprint density at radius 3 is 1.83 bits per heavy atom. The fourth-order valence-corrected chi connectivity index (χ4v) is 17.6. The molecule has 0 unspecified atom stereocenters. The van der Waals surface area contributed by atoms with Gasteiger partial charge in [-0.15, -0.1) is 13.2 Å². The van der Waals surface area contributed by atoms with Gasteiger partial charge in [0, 0.05) is 18.9 Å². The molecule has 3 aliphatic carbocycles. The lowest BCUT2D eigenvalue weighted by Gasteiger charge is -2.50. The maximum Gasteiger partial charge on any atom is 0.261 e. The number of ether oxygens (including phenoxy) is 2. The fourth-order valence-electron chi connectivity index (χ4n) is 10.1. The van der Waals surface area contributed by atoms with Crippen LogP contribution in [0.15, 0.2) is 133 Å². The summed E-state index contributed by atoms with van der Waals surface area (Å²) in [5, 5.41) is 1.80. The van der Waals surface area contributed by atoms with E-state index in [1.54, 1.807) is 50.6 Å². The van der Waals surface area contributed by atoms with E-state index in [1.165, 1.54) is 0 Å². The summed E-state index contributed by atoms with van der Waals surface area (Å²) in [5.74, 6) is 0.200. The summed E-state index contributed by atoms with van der Waals surface area (Å²) in [6.45, 7) is 14.7. The molecule has 0 aromatic heterocycles. The number of sulfone groups is 1. The molecule has 48 heavy (non-hydrogen) atoms. The second kappa shape index (κ2) is 11.8. The summed E-state index contributed by atoms with van der Waals surface area (Å²) in [4.78, 5) is 15.1. The zero-order valence-electron chi connectivity index (χ0n) is 28.6. The van der Waals surface area contributed by atoms with Crippen LogP contribution in [0.1, 0.15) is 46.5 Å². The minimum absolute atomic E-state index is 0.0224. The van der Waals surface area contributed by atoms with Crippen molar-refractivity contribution in [2.45, 2.75) is 66.7 Å². The van der Waals surface area contributed by atoms with Crippen LogP contribution in [0.3, 0.4) is 0 Å². The maximum atomic E-state index is 15.2. The number of carbonyl (C=O) groups is 1. The molecule has 0 radical (unpaired) electrons. The maximum absolute atomic E-state index is 15.2. The number of ketones is 1. The number of rotatable bonds is 13. The summed E-state index contributed by atoms with van der Waals surface area (Å²) in [6.07, 6.45) is 4.46. The van der Waals surface area contributed by atoms with E-state index in [2.05, 4.69) is 58.2 Å². The van der Waals surface area contributed by atoms with E-state index in [4.69, 9.17) is 13.9 Å². The Labute approximate surface area is 286 Å². The van der Waals surface area contributed by atoms with Crippen LogP contribution >= 0.6 is 0 Å². The lowest BCUT2D eigenvalue weighted by atomic mass is 9.64. The molecule has 0 N–H and O–H groups in total. The first kappa shape index (κ1) is 34.3. The molecule has 0 saturated heterocycles. The Balaban J connectivity index is 1.66. The molecule has 0 heterocycles. The van der Waals surface area contributed by atoms with Crippen molar-refractivity contribution in [3.05, 3.63) is 128 Å². The molecule has 252 valence electrons. The predicted molar refractivity (Wildman–Crippen MR) is 192 cm³/mol. The normalized spacial score (nSPS) is 28.1. The fraction of sp³-hybridized carbons (Fsp3) is 0.375. The number of methoxy groups -OCH3 is 2. The van der Waals surface area contributed by atoms with Crippen molar-refractivity contribution in [3.63, 3.8) is 0 Å². The summed E-state index contributed by atoms with van der Waals surface area (Å²) < 4.78 is 49.0. The smallest absolute Gasteiger partial charge is 0.261 e. The van der Waals surface area contributed by atoms with Crippen molar-refractivity contribution in [3.8, 4) is 0 Å². The Bertz CT molecular complexity index is 1830. The summed E-state index contributed by atoms with van der Waals surface area (Å²) in [7, 11) is -4.29. The summed E-state index contributed by atoms with van der Waals surface area (Å²) in [5.41, 5.74) is -2.95. The summed E-state index contributed by atoms with van der Waals surface area (Å²) in [6, 6.07) is 28.9. The van der Waals surface area contributed by atoms with E-state index >= 15 is 8.42 Å². The van der Waals surface area contributed by atoms with Gasteiger partial charge in [0.15, 0.2) is 20.4 Å². The molecule has 3 aromatic carbocycles. The lowest BCUT2D eigenvalue weighted by Crippen LogP contribution is -2.68. The van der Waals surface area contributed by atoms with Gasteiger partial charge in [0.1, 0.15) is 11.4 Å². The van der Waals surface area contributed by atoms with Crippen LogP contribution in [0.5, 0.6) is 0 Å². The second-order valence-corrected chi connectivity index (χ2v) is 20.8.